The number of carbonyl (C=O) groups excluding carboxylic acids is 3. The van der Waals surface area contributed by atoms with Gasteiger partial charge < -0.3 is 39.5 Å². The van der Waals surface area contributed by atoms with Gasteiger partial charge in [0.15, 0.2) is 0 Å². The van der Waals surface area contributed by atoms with Gasteiger partial charge >= 0.3 is 5.97 Å². The van der Waals surface area contributed by atoms with Gasteiger partial charge in [-0.15, -0.1) is 0 Å². The first-order valence-electron chi connectivity index (χ1n) is 16.6. The van der Waals surface area contributed by atoms with Gasteiger partial charge in [0.2, 0.25) is 11.7 Å². The number of nitrogens with zero attached hydrogens (tertiary/aromatic N) is 2. The fourth-order valence-corrected chi connectivity index (χ4v) is 4.98. The van der Waals surface area contributed by atoms with Gasteiger partial charge in [-0.3, -0.25) is 19.8 Å². The fraction of sp³-hybridized carbons (Fsp3) is 0.871. The largest absolute Gasteiger partial charge is 0.463 e. The number of methoxy groups -OCH3 is 1. The summed E-state index contributed by atoms with van der Waals surface area (Å²) in [7, 11) is 1.64. The summed E-state index contributed by atoms with van der Waals surface area (Å²) in [6.07, 6.45) is 5.04. The average molecular weight is 644 g/mol. The third-order valence-electron chi connectivity index (χ3n) is 7.70. The van der Waals surface area contributed by atoms with E-state index in [0.717, 1.165) is 38.5 Å². The Morgan fingerprint density at radius 3 is 2.31 bits per heavy atom. The van der Waals surface area contributed by atoms with E-state index in [9.17, 15) is 14.4 Å². The van der Waals surface area contributed by atoms with Crippen molar-refractivity contribution in [1.29, 1.82) is 0 Å². The fourth-order valence-electron chi connectivity index (χ4n) is 4.98. The molecule has 1 saturated heterocycles. The number of rotatable bonds is 25. The van der Waals surface area contributed by atoms with Crippen LogP contribution in [0.15, 0.2) is 4.99 Å². The van der Waals surface area contributed by atoms with Crippen LogP contribution in [0.1, 0.15) is 91.9 Å². The van der Waals surface area contributed by atoms with Crippen molar-refractivity contribution in [3.05, 3.63) is 0 Å². The molecule has 4 N–H and O–H groups in total. The molecule has 45 heavy (non-hydrogen) atoms. The van der Waals surface area contributed by atoms with Crippen molar-refractivity contribution in [2.45, 2.75) is 129 Å². The van der Waals surface area contributed by atoms with Gasteiger partial charge in [-0.2, -0.15) is 5.01 Å². The van der Waals surface area contributed by atoms with E-state index >= 15 is 0 Å². The molecule has 14 heteroatoms. The summed E-state index contributed by atoms with van der Waals surface area (Å²) in [6, 6.07) is -0.410. The number of amidine groups is 1. The lowest BCUT2D eigenvalue weighted by Crippen LogP contribution is -2.54. The van der Waals surface area contributed by atoms with E-state index in [-0.39, 0.29) is 56.3 Å². The first kappa shape index (κ1) is 38.8. The first-order valence-corrected chi connectivity index (χ1v) is 16.6. The van der Waals surface area contributed by atoms with E-state index in [2.05, 4.69) is 36.5 Å². The lowest BCUT2D eigenvalue weighted by Gasteiger charge is -2.36. The molecule has 14 nitrogen and oxygen atoms in total. The Balaban J connectivity index is 1.86. The van der Waals surface area contributed by atoms with Crippen molar-refractivity contribution in [3.8, 4) is 0 Å². The summed E-state index contributed by atoms with van der Waals surface area (Å²) < 4.78 is 35.7. The summed E-state index contributed by atoms with van der Waals surface area (Å²) in [5.74, 6) is -1.31. The number of primary amides is 1. The monoisotopic (exact) mass is 643 g/mol. The minimum Gasteiger partial charge on any atom is -0.463 e. The highest BCUT2D eigenvalue weighted by atomic mass is 16.6. The van der Waals surface area contributed by atoms with E-state index in [4.69, 9.17) is 34.2 Å². The number of hydrogen-bond donors (Lipinski definition) is 3. The van der Waals surface area contributed by atoms with Crippen molar-refractivity contribution in [2.24, 2.45) is 10.7 Å². The van der Waals surface area contributed by atoms with Crippen LogP contribution in [-0.2, 0) is 42.8 Å². The third kappa shape index (κ3) is 14.3. The van der Waals surface area contributed by atoms with Gasteiger partial charge in [0.25, 0.3) is 5.91 Å². The predicted octanol–water partition coefficient (Wildman–Crippen LogP) is 2.18. The first-order chi connectivity index (χ1) is 21.7. The second kappa shape index (κ2) is 22.2. The molecule has 0 saturated carbocycles. The number of ether oxygens (including phenoxy) is 6. The summed E-state index contributed by atoms with van der Waals surface area (Å²) in [4.78, 5) is 40.7. The molecule has 2 heterocycles. The number of hydrazine groups is 1. The second-order valence-corrected chi connectivity index (χ2v) is 11.5. The van der Waals surface area contributed by atoms with Gasteiger partial charge in [0.1, 0.15) is 37.8 Å². The molecule has 0 aromatic carbocycles. The van der Waals surface area contributed by atoms with E-state index in [1.54, 1.807) is 12.1 Å². The molecule has 260 valence electrons. The Labute approximate surface area is 268 Å². The highest BCUT2D eigenvalue weighted by Crippen LogP contribution is 2.23. The van der Waals surface area contributed by atoms with Crippen LogP contribution in [0.4, 0.5) is 0 Å². The van der Waals surface area contributed by atoms with Crippen molar-refractivity contribution < 1.29 is 42.8 Å². The molecule has 0 radical (unpaired) electrons. The summed E-state index contributed by atoms with van der Waals surface area (Å²) in [5, 5.41) is 4.69. The highest BCUT2D eigenvalue weighted by molar-refractivity contribution is 6.37. The van der Waals surface area contributed by atoms with Crippen LogP contribution in [0, 0.1) is 0 Å². The maximum atomic E-state index is 12.9. The van der Waals surface area contributed by atoms with Crippen LogP contribution in [0.2, 0.25) is 0 Å². The zero-order valence-corrected chi connectivity index (χ0v) is 27.9. The zero-order chi connectivity index (χ0) is 33.0. The van der Waals surface area contributed by atoms with Crippen molar-refractivity contribution in [2.75, 3.05) is 46.8 Å². The highest BCUT2D eigenvalue weighted by Gasteiger charge is 2.37. The molecule has 2 rings (SSSR count). The van der Waals surface area contributed by atoms with Gasteiger partial charge in [-0.1, -0.05) is 40.0 Å². The van der Waals surface area contributed by atoms with Gasteiger partial charge in [0.05, 0.1) is 25.2 Å². The maximum absolute atomic E-state index is 12.9. The quantitative estimate of drug-likeness (QED) is 0.0984. The van der Waals surface area contributed by atoms with E-state index in [1.165, 1.54) is 0 Å². The molecule has 0 spiro atoms. The molecule has 2 amide bonds. The van der Waals surface area contributed by atoms with E-state index in [0.29, 0.717) is 39.3 Å². The molecular weight excluding hydrogens is 586 g/mol. The smallest absolute Gasteiger partial charge is 0.306 e. The summed E-state index contributed by atoms with van der Waals surface area (Å²) in [5.41, 5.74) is 8.08. The van der Waals surface area contributed by atoms with Gasteiger partial charge in [-0.25, -0.2) is 4.99 Å². The van der Waals surface area contributed by atoms with Crippen LogP contribution < -0.4 is 16.5 Å². The molecule has 0 aromatic rings. The Morgan fingerprint density at radius 1 is 1.02 bits per heavy atom. The van der Waals surface area contributed by atoms with E-state index in [1.807, 2.05) is 6.92 Å². The molecular formula is C31H57N5O9. The number of esters is 1. The number of unbranched alkanes of at least 4 members (excludes halogenated alkanes) is 3. The second-order valence-electron chi connectivity index (χ2n) is 11.5. The normalized spacial score (nSPS) is 21.0. The topological polar surface area (TPSA) is 172 Å². The lowest BCUT2D eigenvalue weighted by molar-refractivity contribution is -0.157. The minimum absolute atomic E-state index is 0.0286. The molecule has 2 aliphatic heterocycles. The van der Waals surface area contributed by atoms with Gasteiger partial charge in [-0.05, 0) is 39.0 Å². The molecule has 1 fully saturated rings. The van der Waals surface area contributed by atoms with Crippen LogP contribution in [0.25, 0.3) is 0 Å². The molecule has 0 aliphatic carbocycles. The number of amides is 2. The van der Waals surface area contributed by atoms with Crippen LogP contribution in [0.5, 0.6) is 0 Å². The predicted molar refractivity (Wildman–Crippen MR) is 168 cm³/mol. The van der Waals surface area contributed by atoms with Crippen LogP contribution >= 0.6 is 0 Å². The average Bonchev–Trinajstić information content (AvgIpc) is 3.71. The Morgan fingerprint density at radius 2 is 1.69 bits per heavy atom. The van der Waals surface area contributed by atoms with Crippen LogP contribution in [-0.4, -0.2) is 112 Å². The minimum atomic E-state index is -0.634. The third-order valence-corrected chi connectivity index (χ3v) is 7.70. The summed E-state index contributed by atoms with van der Waals surface area (Å²) >= 11 is 0. The van der Waals surface area contributed by atoms with Crippen LogP contribution in [0.3, 0.4) is 0 Å². The molecule has 6 atom stereocenters. The number of nitrogens with one attached hydrogen (secondary N) is 2. The maximum Gasteiger partial charge on any atom is 0.306 e. The summed E-state index contributed by atoms with van der Waals surface area (Å²) in [6.45, 7) is 10.6. The van der Waals surface area contributed by atoms with Gasteiger partial charge in [0, 0.05) is 33.4 Å². The Hall–Kier alpha value is -2.36. The Bertz CT molecular complexity index is 909. The lowest BCUT2D eigenvalue weighted by atomic mass is 10.0. The van der Waals surface area contributed by atoms with E-state index < -0.39 is 30.1 Å². The Kier molecular flexibility index (Phi) is 19.2. The number of carbonyl (C=O) groups is 3. The zero-order valence-electron chi connectivity index (χ0n) is 27.9. The molecule has 2 aliphatic rings. The van der Waals surface area contributed by atoms with Crippen molar-refractivity contribution in [3.63, 3.8) is 0 Å². The van der Waals surface area contributed by atoms with Crippen molar-refractivity contribution in [1.82, 2.24) is 15.8 Å². The molecule has 0 bridgehead atoms. The SMILES string of the molecule is CCCCOCC(OC)[C@H](OCCCC)C(OCCCC)C(C)NC(=O)CCC(=O)OC[C@@H]1CC[C@H](N2CN=C(C(N)=O)N2)O1. The number of nitrogens with two attached hydrogens (primary N) is 1. The number of hydrogen-bond acceptors (Lipinski definition) is 12. The number of aliphatic imine (C=N–C) groups is 1. The molecule has 3 unspecified atom stereocenters. The van der Waals surface area contributed by atoms with Crippen molar-refractivity contribution >= 4 is 23.6 Å². The standard InChI is InChI=1S/C31H57N5O9/c1-6-9-16-41-20-24(40-5)29(43-18-11-8-3)28(42-17-10-7-2)22(4)34-25(37)13-15-27(38)44-19-23-12-14-26(45-23)36-21-33-31(35-36)30(32)39/h22-24,26,28-29H,6-21H2,1-5H3,(H2,32,39)(H,33,35)(H,34,37)/t22?,23-,24?,26+,28?,29-/m0/s1. The molecule has 0 aromatic heterocycles.